The molecule has 1 fully saturated rings. The van der Waals surface area contributed by atoms with Crippen LogP contribution >= 0.6 is 0 Å². The molecule has 0 radical (unpaired) electrons. The first-order chi connectivity index (χ1) is 9.62. The molecule has 1 aliphatic rings. The Hall–Kier alpha value is -1.43. The topological polar surface area (TPSA) is 78.9 Å². The van der Waals surface area contributed by atoms with Crippen molar-refractivity contribution in [3.63, 3.8) is 0 Å². The molecule has 0 bridgehead atoms. The predicted octanol–water partition coefficient (Wildman–Crippen LogP) is -0.444. The highest BCUT2D eigenvalue weighted by atomic mass is 32.2. The highest BCUT2D eigenvalue weighted by Gasteiger charge is 2.20. The number of aliphatic hydroxyl groups is 1. The summed E-state index contributed by atoms with van der Waals surface area (Å²) in [4.78, 5) is 2.67. The van der Waals surface area contributed by atoms with Crippen molar-refractivity contribution in [3.8, 4) is 11.8 Å². The van der Waals surface area contributed by atoms with Crippen LogP contribution in [-0.2, 0) is 14.8 Å². The number of hydrogen-bond donors (Lipinski definition) is 2. The Morgan fingerprint density at radius 1 is 1.35 bits per heavy atom. The Morgan fingerprint density at radius 3 is 2.80 bits per heavy atom. The number of hydrazine groups is 1. The average molecular weight is 296 g/mol. The van der Waals surface area contributed by atoms with Gasteiger partial charge < -0.3 is 9.84 Å². The van der Waals surface area contributed by atoms with Crippen molar-refractivity contribution in [1.82, 2.24) is 9.84 Å². The first kappa shape index (κ1) is 15.0. The fourth-order valence-electron chi connectivity index (χ4n) is 1.76. The maximum Gasteiger partial charge on any atom is 0.253 e. The fraction of sp³-hybridized carbons (Fsp3) is 0.385. The summed E-state index contributed by atoms with van der Waals surface area (Å²) < 4.78 is 29.6. The van der Waals surface area contributed by atoms with Crippen molar-refractivity contribution in [2.45, 2.75) is 4.90 Å². The highest BCUT2D eigenvalue weighted by Crippen LogP contribution is 2.11. The molecule has 0 unspecified atom stereocenters. The summed E-state index contributed by atoms with van der Waals surface area (Å²) in [5.41, 5.74) is 0.545. The van der Waals surface area contributed by atoms with E-state index in [2.05, 4.69) is 16.7 Å². The van der Waals surface area contributed by atoms with Crippen LogP contribution in [0.15, 0.2) is 29.2 Å². The molecule has 108 valence electrons. The van der Waals surface area contributed by atoms with E-state index in [0.29, 0.717) is 31.9 Å². The molecule has 7 heteroatoms. The summed E-state index contributed by atoms with van der Waals surface area (Å²) in [6.45, 7) is 1.78. The minimum Gasteiger partial charge on any atom is -0.384 e. The van der Waals surface area contributed by atoms with E-state index in [9.17, 15) is 8.42 Å². The first-order valence-corrected chi connectivity index (χ1v) is 7.65. The van der Waals surface area contributed by atoms with Crippen molar-refractivity contribution in [3.05, 3.63) is 29.8 Å². The quantitative estimate of drug-likeness (QED) is 0.739. The molecular weight excluding hydrogens is 280 g/mol. The molecule has 0 saturated carbocycles. The summed E-state index contributed by atoms with van der Waals surface area (Å²) in [7, 11) is -3.62. The van der Waals surface area contributed by atoms with Gasteiger partial charge in [0.1, 0.15) is 6.61 Å². The molecule has 1 heterocycles. The largest absolute Gasteiger partial charge is 0.384 e. The van der Waals surface area contributed by atoms with Crippen molar-refractivity contribution in [2.75, 3.05) is 32.9 Å². The standard InChI is InChI=1S/C13H16N2O4S/c16-8-2-4-12-3-1-5-13(11-12)20(17,18)14-15-6-9-19-10-7-15/h1,3,5,11,14,16H,6-10H2. The number of sulfonamides is 1. The van der Waals surface area contributed by atoms with Crippen LogP contribution in [0.4, 0.5) is 0 Å². The maximum absolute atomic E-state index is 12.2. The number of hydrogen-bond acceptors (Lipinski definition) is 5. The Bertz CT molecular complexity index is 613. The molecule has 1 aromatic rings. The number of nitrogens with one attached hydrogen (secondary N) is 1. The van der Waals surface area contributed by atoms with Crippen LogP contribution in [-0.4, -0.2) is 51.4 Å². The molecule has 0 spiro atoms. The van der Waals surface area contributed by atoms with Crippen LogP contribution in [0.25, 0.3) is 0 Å². The number of morpholine rings is 1. The van der Waals surface area contributed by atoms with E-state index < -0.39 is 10.0 Å². The highest BCUT2D eigenvalue weighted by molar-refractivity contribution is 7.89. The summed E-state index contributed by atoms with van der Waals surface area (Å²) in [6, 6.07) is 6.30. The first-order valence-electron chi connectivity index (χ1n) is 6.17. The molecule has 1 aliphatic heterocycles. The zero-order valence-corrected chi connectivity index (χ0v) is 11.7. The zero-order chi connectivity index (χ0) is 14.4. The minimum atomic E-state index is -3.62. The summed E-state index contributed by atoms with van der Waals surface area (Å²) >= 11 is 0. The predicted molar refractivity (Wildman–Crippen MR) is 73.1 cm³/mol. The third kappa shape index (κ3) is 4.03. The van der Waals surface area contributed by atoms with Gasteiger partial charge in [-0.15, -0.1) is 4.83 Å². The van der Waals surface area contributed by atoms with Crippen LogP contribution in [0.1, 0.15) is 5.56 Å². The Labute approximate surface area is 118 Å². The fourth-order valence-corrected chi connectivity index (χ4v) is 2.93. The van der Waals surface area contributed by atoms with Gasteiger partial charge in [0.2, 0.25) is 0 Å². The molecule has 1 aromatic carbocycles. The van der Waals surface area contributed by atoms with E-state index in [1.807, 2.05) is 0 Å². The Kier molecular flexibility index (Phi) is 5.11. The molecule has 2 rings (SSSR count). The molecule has 0 amide bonds. The Morgan fingerprint density at radius 2 is 2.10 bits per heavy atom. The van der Waals surface area contributed by atoms with E-state index >= 15 is 0 Å². The molecule has 6 nitrogen and oxygen atoms in total. The Balaban J connectivity index is 2.16. The monoisotopic (exact) mass is 296 g/mol. The lowest BCUT2D eigenvalue weighted by molar-refractivity contribution is 0.0272. The van der Waals surface area contributed by atoms with Gasteiger partial charge in [-0.3, -0.25) is 0 Å². The molecule has 2 N–H and O–H groups in total. The van der Waals surface area contributed by atoms with E-state index in [0.717, 1.165) is 0 Å². The van der Waals surface area contributed by atoms with Gasteiger partial charge in [-0.1, -0.05) is 17.9 Å². The van der Waals surface area contributed by atoms with Gasteiger partial charge in [0.25, 0.3) is 10.0 Å². The van der Waals surface area contributed by atoms with Gasteiger partial charge in [0.05, 0.1) is 18.1 Å². The number of ether oxygens (including phenoxy) is 1. The summed E-state index contributed by atoms with van der Waals surface area (Å²) in [6.07, 6.45) is 0. The molecular formula is C13H16N2O4S. The van der Waals surface area contributed by atoms with Gasteiger partial charge in [0.15, 0.2) is 0 Å². The summed E-state index contributed by atoms with van der Waals surface area (Å²) in [5, 5.41) is 10.3. The molecule has 0 aliphatic carbocycles. The number of aliphatic hydroxyl groups excluding tert-OH is 1. The van der Waals surface area contributed by atoms with Crippen LogP contribution in [0, 0.1) is 11.8 Å². The van der Waals surface area contributed by atoms with Crippen molar-refractivity contribution in [1.29, 1.82) is 0 Å². The molecule has 0 aromatic heterocycles. The second-order valence-corrected chi connectivity index (χ2v) is 5.84. The van der Waals surface area contributed by atoms with E-state index in [-0.39, 0.29) is 11.5 Å². The van der Waals surface area contributed by atoms with Crippen LogP contribution < -0.4 is 4.83 Å². The smallest absolute Gasteiger partial charge is 0.253 e. The average Bonchev–Trinajstić information content (AvgIpc) is 2.46. The van der Waals surface area contributed by atoms with E-state index in [1.54, 1.807) is 17.1 Å². The van der Waals surface area contributed by atoms with Gasteiger partial charge >= 0.3 is 0 Å². The van der Waals surface area contributed by atoms with Crippen LogP contribution in [0.3, 0.4) is 0 Å². The second kappa shape index (κ2) is 6.83. The number of nitrogens with zero attached hydrogens (tertiary/aromatic N) is 1. The van der Waals surface area contributed by atoms with Gasteiger partial charge in [-0.25, -0.2) is 13.4 Å². The molecule has 20 heavy (non-hydrogen) atoms. The SMILES string of the molecule is O=S(=O)(NN1CCOCC1)c1cccc(C#CCO)c1. The van der Waals surface area contributed by atoms with Gasteiger partial charge in [0, 0.05) is 18.7 Å². The molecule has 1 saturated heterocycles. The van der Waals surface area contributed by atoms with Crippen LogP contribution in [0.5, 0.6) is 0 Å². The van der Waals surface area contributed by atoms with Gasteiger partial charge in [-0.2, -0.15) is 0 Å². The maximum atomic E-state index is 12.2. The van der Waals surface area contributed by atoms with Crippen molar-refractivity contribution >= 4 is 10.0 Å². The number of rotatable bonds is 3. The van der Waals surface area contributed by atoms with Crippen LogP contribution in [0.2, 0.25) is 0 Å². The second-order valence-electron chi connectivity index (χ2n) is 4.18. The molecule has 0 atom stereocenters. The summed E-state index contributed by atoms with van der Waals surface area (Å²) in [5.74, 6) is 5.17. The van der Waals surface area contributed by atoms with Gasteiger partial charge in [-0.05, 0) is 18.2 Å². The normalized spacial score (nSPS) is 16.4. The van der Waals surface area contributed by atoms with Crippen molar-refractivity contribution in [2.24, 2.45) is 0 Å². The lowest BCUT2D eigenvalue weighted by Crippen LogP contribution is -2.48. The zero-order valence-electron chi connectivity index (χ0n) is 10.9. The van der Waals surface area contributed by atoms with E-state index in [4.69, 9.17) is 9.84 Å². The lowest BCUT2D eigenvalue weighted by Gasteiger charge is -2.26. The van der Waals surface area contributed by atoms with E-state index in [1.165, 1.54) is 12.1 Å². The lowest BCUT2D eigenvalue weighted by atomic mass is 10.2. The third-order valence-electron chi connectivity index (χ3n) is 2.72. The minimum absolute atomic E-state index is 0.147. The number of benzene rings is 1. The third-order valence-corrected chi connectivity index (χ3v) is 4.09. The van der Waals surface area contributed by atoms with Crippen molar-refractivity contribution < 1.29 is 18.3 Å².